The van der Waals surface area contributed by atoms with E-state index in [0.29, 0.717) is 0 Å². The van der Waals surface area contributed by atoms with Gasteiger partial charge in [-0.25, -0.2) is 9.55 Å². The van der Waals surface area contributed by atoms with Crippen LogP contribution < -0.4 is 4.57 Å². The summed E-state index contributed by atoms with van der Waals surface area (Å²) in [7, 11) is 0. The highest BCUT2D eigenvalue weighted by molar-refractivity contribution is 5.39. The number of nitrogens with one attached hydrogen (secondary N) is 1. The van der Waals surface area contributed by atoms with E-state index in [9.17, 15) is 0 Å². The van der Waals surface area contributed by atoms with Gasteiger partial charge in [-0.2, -0.15) is 0 Å². The van der Waals surface area contributed by atoms with E-state index in [-0.39, 0.29) is 0 Å². The molecule has 0 aliphatic rings. The molecule has 1 heterocycles. The first-order valence-corrected chi connectivity index (χ1v) is 5.67. The van der Waals surface area contributed by atoms with E-state index in [1.165, 1.54) is 11.3 Å². The number of rotatable bonds is 4. The molecule has 0 bridgehead atoms. The van der Waals surface area contributed by atoms with Crippen LogP contribution in [-0.4, -0.2) is 4.98 Å². The molecule has 0 saturated heterocycles. The minimum absolute atomic E-state index is 0.910. The van der Waals surface area contributed by atoms with Crippen LogP contribution in [0.4, 0.5) is 0 Å². The van der Waals surface area contributed by atoms with Crippen LogP contribution >= 0.6 is 0 Å². The smallest absolute Gasteiger partial charge is 0.242 e. The van der Waals surface area contributed by atoms with Crippen LogP contribution in [0.1, 0.15) is 24.6 Å². The molecular formula is C14H17N2+. The Hall–Kier alpha value is -1.83. The van der Waals surface area contributed by atoms with Gasteiger partial charge >= 0.3 is 0 Å². The van der Waals surface area contributed by atoms with Gasteiger partial charge in [0.15, 0.2) is 5.69 Å². The molecule has 0 aliphatic heterocycles. The van der Waals surface area contributed by atoms with E-state index in [2.05, 4.69) is 52.9 Å². The van der Waals surface area contributed by atoms with E-state index < -0.39 is 0 Å². The standard InChI is InChI=1S/C14H16N2/c1-2-3-9-14-10-15-12-16(14)11-13-7-5-4-6-8-13/h3-10,12H,2,11H2,1H3/p+1/b9-3+. The van der Waals surface area contributed by atoms with E-state index >= 15 is 0 Å². The SMILES string of the molecule is CC/C=C/c1c[nH]c[n+]1Cc1ccccc1. The van der Waals surface area contributed by atoms with Crippen molar-refractivity contribution in [1.82, 2.24) is 4.98 Å². The summed E-state index contributed by atoms with van der Waals surface area (Å²) in [6, 6.07) is 10.5. The Morgan fingerprint density at radius 1 is 1.25 bits per heavy atom. The van der Waals surface area contributed by atoms with Gasteiger partial charge in [-0.1, -0.05) is 43.3 Å². The maximum atomic E-state index is 3.14. The summed E-state index contributed by atoms with van der Waals surface area (Å²) < 4.78 is 2.21. The van der Waals surface area contributed by atoms with E-state index in [1.807, 2.05) is 18.6 Å². The molecule has 0 atom stereocenters. The minimum atomic E-state index is 0.910. The fourth-order valence-corrected chi connectivity index (χ4v) is 1.67. The van der Waals surface area contributed by atoms with Crippen LogP contribution in [-0.2, 0) is 6.54 Å². The van der Waals surface area contributed by atoms with Crippen LogP contribution in [0.2, 0.25) is 0 Å². The van der Waals surface area contributed by atoms with Crippen molar-refractivity contribution in [2.45, 2.75) is 19.9 Å². The molecule has 0 radical (unpaired) electrons. The van der Waals surface area contributed by atoms with Crippen molar-refractivity contribution < 1.29 is 4.57 Å². The summed E-state index contributed by atoms with van der Waals surface area (Å²) in [4.78, 5) is 3.14. The van der Waals surface area contributed by atoms with Crippen molar-refractivity contribution in [2.75, 3.05) is 0 Å². The Morgan fingerprint density at radius 2 is 2.06 bits per heavy atom. The number of aromatic amines is 1. The second-order valence-corrected chi connectivity index (χ2v) is 3.79. The topological polar surface area (TPSA) is 19.7 Å². The maximum Gasteiger partial charge on any atom is 0.242 e. The molecular weight excluding hydrogens is 196 g/mol. The number of aromatic nitrogens is 2. The highest BCUT2D eigenvalue weighted by Gasteiger charge is 2.05. The highest BCUT2D eigenvalue weighted by Crippen LogP contribution is 2.00. The molecule has 0 amide bonds. The first-order chi connectivity index (χ1) is 7.90. The Kier molecular flexibility index (Phi) is 3.54. The van der Waals surface area contributed by atoms with Crippen LogP contribution in [0.15, 0.2) is 48.9 Å². The predicted molar refractivity (Wildman–Crippen MR) is 65.9 cm³/mol. The molecule has 1 N–H and O–H groups in total. The summed E-state index contributed by atoms with van der Waals surface area (Å²) in [5, 5.41) is 0. The Morgan fingerprint density at radius 3 is 2.81 bits per heavy atom. The lowest BCUT2D eigenvalue weighted by Gasteiger charge is -1.98. The number of H-pyrrole nitrogens is 1. The third-order valence-corrected chi connectivity index (χ3v) is 2.51. The zero-order valence-electron chi connectivity index (χ0n) is 9.56. The zero-order chi connectivity index (χ0) is 11.2. The molecule has 2 nitrogen and oxygen atoms in total. The minimum Gasteiger partial charge on any atom is -0.250 e. The Bertz CT molecular complexity index is 455. The number of nitrogens with zero attached hydrogens (tertiary/aromatic N) is 1. The number of benzene rings is 1. The average Bonchev–Trinajstić information content (AvgIpc) is 2.75. The summed E-state index contributed by atoms with van der Waals surface area (Å²) in [5.74, 6) is 0. The van der Waals surface area contributed by atoms with Gasteiger partial charge in [0.1, 0.15) is 12.7 Å². The van der Waals surface area contributed by atoms with Crippen molar-refractivity contribution in [3.8, 4) is 0 Å². The van der Waals surface area contributed by atoms with Gasteiger partial charge in [0.2, 0.25) is 6.33 Å². The third kappa shape index (κ3) is 2.60. The lowest BCUT2D eigenvalue weighted by molar-refractivity contribution is -0.688. The molecule has 0 unspecified atom stereocenters. The molecule has 16 heavy (non-hydrogen) atoms. The summed E-state index contributed by atoms with van der Waals surface area (Å²) in [5.41, 5.74) is 2.53. The number of hydrogen-bond acceptors (Lipinski definition) is 0. The highest BCUT2D eigenvalue weighted by atomic mass is 15.0. The van der Waals surface area contributed by atoms with Gasteiger partial charge in [-0.05, 0) is 18.1 Å². The van der Waals surface area contributed by atoms with E-state index in [0.717, 1.165) is 13.0 Å². The molecule has 1 aromatic carbocycles. The summed E-state index contributed by atoms with van der Waals surface area (Å²) >= 11 is 0. The second-order valence-electron chi connectivity index (χ2n) is 3.79. The molecule has 82 valence electrons. The number of allylic oxidation sites excluding steroid dienone is 1. The fourth-order valence-electron chi connectivity index (χ4n) is 1.67. The fraction of sp³-hybridized carbons (Fsp3) is 0.214. The number of imidazole rings is 1. The molecule has 0 aliphatic carbocycles. The normalized spacial score (nSPS) is 11.1. The first kappa shape index (κ1) is 10.7. The summed E-state index contributed by atoms with van der Waals surface area (Å²) in [6.07, 6.45) is 9.41. The van der Waals surface area contributed by atoms with Crippen LogP contribution in [0.5, 0.6) is 0 Å². The van der Waals surface area contributed by atoms with Crippen LogP contribution in [0, 0.1) is 0 Å². The first-order valence-electron chi connectivity index (χ1n) is 5.67. The Balaban J connectivity index is 2.16. The van der Waals surface area contributed by atoms with Gasteiger partial charge < -0.3 is 0 Å². The van der Waals surface area contributed by atoms with Gasteiger partial charge in [-0.15, -0.1) is 0 Å². The maximum absolute atomic E-state index is 3.14. The molecule has 2 aromatic rings. The monoisotopic (exact) mass is 213 g/mol. The van der Waals surface area contributed by atoms with E-state index in [1.54, 1.807) is 0 Å². The van der Waals surface area contributed by atoms with Crippen molar-refractivity contribution in [3.63, 3.8) is 0 Å². The van der Waals surface area contributed by atoms with Gasteiger partial charge in [0.05, 0.1) is 0 Å². The molecule has 0 saturated carbocycles. The third-order valence-electron chi connectivity index (χ3n) is 2.51. The largest absolute Gasteiger partial charge is 0.250 e. The predicted octanol–water partition coefficient (Wildman–Crippen LogP) is 2.77. The molecule has 2 heteroatoms. The second kappa shape index (κ2) is 5.31. The molecule has 0 spiro atoms. The van der Waals surface area contributed by atoms with Crippen molar-refractivity contribution in [2.24, 2.45) is 0 Å². The van der Waals surface area contributed by atoms with Crippen molar-refractivity contribution >= 4 is 6.08 Å². The number of hydrogen-bond donors (Lipinski definition) is 1. The van der Waals surface area contributed by atoms with Crippen LogP contribution in [0.3, 0.4) is 0 Å². The van der Waals surface area contributed by atoms with Crippen molar-refractivity contribution in [3.05, 3.63) is 60.2 Å². The lowest BCUT2D eigenvalue weighted by Crippen LogP contribution is -2.34. The summed E-state index contributed by atoms with van der Waals surface area (Å²) in [6.45, 7) is 3.05. The van der Waals surface area contributed by atoms with Gasteiger partial charge in [0, 0.05) is 0 Å². The quantitative estimate of drug-likeness (QED) is 0.753. The van der Waals surface area contributed by atoms with Gasteiger partial charge in [0.25, 0.3) is 0 Å². The average molecular weight is 213 g/mol. The van der Waals surface area contributed by atoms with Gasteiger partial charge in [-0.3, -0.25) is 0 Å². The van der Waals surface area contributed by atoms with E-state index in [4.69, 9.17) is 0 Å². The molecule has 1 aromatic heterocycles. The van der Waals surface area contributed by atoms with Crippen LogP contribution in [0.25, 0.3) is 6.08 Å². The lowest BCUT2D eigenvalue weighted by atomic mass is 10.2. The molecule has 2 rings (SSSR count). The Labute approximate surface area is 96.3 Å². The zero-order valence-corrected chi connectivity index (χ0v) is 9.56. The molecule has 0 fully saturated rings. The van der Waals surface area contributed by atoms with Crippen molar-refractivity contribution in [1.29, 1.82) is 0 Å².